The van der Waals surface area contributed by atoms with E-state index >= 15 is 0 Å². The number of nitrogens with one attached hydrogen (secondary N) is 1. The molecule has 0 atom stereocenters. The summed E-state index contributed by atoms with van der Waals surface area (Å²) in [5.74, 6) is 0.685. The van der Waals surface area contributed by atoms with Crippen molar-refractivity contribution >= 4 is 21.6 Å². The van der Waals surface area contributed by atoms with Crippen molar-refractivity contribution in [3.63, 3.8) is 0 Å². The molecule has 114 valence electrons. The third-order valence-corrected chi connectivity index (χ3v) is 4.80. The fraction of sp³-hybridized carbons (Fsp3) is 0.647. The summed E-state index contributed by atoms with van der Waals surface area (Å²) in [5, 5.41) is 3.49. The van der Waals surface area contributed by atoms with Gasteiger partial charge in [-0.05, 0) is 50.4 Å². The Hall–Kier alpha value is -0.540. The number of benzene rings is 1. The van der Waals surface area contributed by atoms with Gasteiger partial charge >= 0.3 is 0 Å². The number of nitrogens with zero attached hydrogens (tertiary/aromatic N) is 1. The van der Waals surface area contributed by atoms with Crippen LogP contribution >= 0.6 is 15.9 Å². The Labute approximate surface area is 133 Å². The van der Waals surface area contributed by atoms with Gasteiger partial charge in [-0.15, -0.1) is 0 Å². The zero-order valence-electron chi connectivity index (χ0n) is 13.8. The molecule has 0 aromatic heterocycles. The maximum Gasteiger partial charge on any atom is 0.0379 e. The molecular weight excluding hydrogens is 312 g/mol. The summed E-state index contributed by atoms with van der Waals surface area (Å²) in [6, 6.07) is 6.66. The fourth-order valence-electron chi connectivity index (χ4n) is 1.97. The molecule has 0 fully saturated rings. The number of anilines is 1. The Bertz CT molecular complexity index is 427. The van der Waals surface area contributed by atoms with Crippen LogP contribution in [0.2, 0.25) is 0 Å². The van der Waals surface area contributed by atoms with Crippen LogP contribution in [0.25, 0.3) is 0 Å². The van der Waals surface area contributed by atoms with Gasteiger partial charge in [0.1, 0.15) is 0 Å². The van der Waals surface area contributed by atoms with E-state index in [0.717, 1.165) is 19.5 Å². The number of halogens is 1. The summed E-state index contributed by atoms with van der Waals surface area (Å²) in [5.41, 5.74) is 2.75. The normalized spacial score (nSPS) is 12.0. The summed E-state index contributed by atoms with van der Waals surface area (Å²) in [7, 11) is 2.17. The van der Waals surface area contributed by atoms with Crippen molar-refractivity contribution in [3.05, 3.63) is 28.2 Å². The van der Waals surface area contributed by atoms with E-state index in [9.17, 15) is 0 Å². The molecule has 1 rings (SSSR count). The van der Waals surface area contributed by atoms with E-state index < -0.39 is 0 Å². The first-order chi connectivity index (χ1) is 9.27. The van der Waals surface area contributed by atoms with Gasteiger partial charge in [0.25, 0.3) is 0 Å². The van der Waals surface area contributed by atoms with Gasteiger partial charge in [0.2, 0.25) is 0 Å². The van der Waals surface area contributed by atoms with E-state index in [4.69, 9.17) is 0 Å². The highest BCUT2D eigenvalue weighted by molar-refractivity contribution is 9.10. The minimum atomic E-state index is 0.177. The first-order valence-electron chi connectivity index (χ1n) is 7.51. The molecule has 1 aromatic carbocycles. The SMILES string of the molecule is CCC(C)(C)N(C)c1ccc(CNCC(C)C)c(Br)c1. The summed E-state index contributed by atoms with van der Waals surface area (Å²) in [4.78, 5) is 2.35. The van der Waals surface area contributed by atoms with Crippen LogP contribution in [-0.4, -0.2) is 19.1 Å². The lowest BCUT2D eigenvalue weighted by Crippen LogP contribution is -2.40. The third-order valence-electron chi connectivity index (χ3n) is 4.07. The molecule has 0 heterocycles. The molecule has 0 saturated heterocycles. The van der Waals surface area contributed by atoms with Gasteiger partial charge in [-0.3, -0.25) is 0 Å². The van der Waals surface area contributed by atoms with E-state index in [1.54, 1.807) is 0 Å². The van der Waals surface area contributed by atoms with Crippen LogP contribution < -0.4 is 10.2 Å². The van der Waals surface area contributed by atoms with E-state index in [0.29, 0.717) is 5.92 Å². The van der Waals surface area contributed by atoms with Crippen LogP contribution in [0.3, 0.4) is 0 Å². The van der Waals surface area contributed by atoms with E-state index in [-0.39, 0.29) is 5.54 Å². The first kappa shape index (κ1) is 17.5. The lowest BCUT2D eigenvalue weighted by molar-refractivity contribution is 0.470. The van der Waals surface area contributed by atoms with Gasteiger partial charge in [0.05, 0.1) is 0 Å². The number of hydrogen-bond acceptors (Lipinski definition) is 2. The molecule has 1 aromatic rings. The quantitative estimate of drug-likeness (QED) is 0.765. The van der Waals surface area contributed by atoms with E-state index in [1.165, 1.54) is 15.7 Å². The predicted octanol–water partition coefficient (Wildman–Crippen LogP) is 4.82. The van der Waals surface area contributed by atoms with Crippen molar-refractivity contribution < 1.29 is 0 Å². The van der Waals surface area contributed by atoms with Gasteiger partial charge in [-0.2, -0.15) is 0 Å². The Morgan fingerprint density at radius 1 is 1.30 bits per heavy atom. The lowest BCUT2D eigenvalue weighted by atomic mass is 9.99. The Morgan fingerprint density at radius 3 is 2.45 bits per heavy atom. The highest BCUT2D eigenvalue weighted by atomic mass is 79.9. The van der Waals surface area contributed by atoms with Crippen molar-refractivity contribution in [2.24, 2.45) is 5.92 Å². The minimum absolute atomic E-state index is 0.177. The molecule has 0 aliphatic rings. The van der Waals surface area contributed by atoms with Crippen molar-refractivity contribution in [1.29, 1.82) is 0 Å². The monoisotopic (exact) mass is 340 g/mol. The predicted molar refractivity (Wildman–Crippen MR) is 93.5 cm³/mol. The molecule has 0 radical (unpaired) electrons. The summed E-state index contributed by atoms with van der Waals surface area (Å²) < 4.78 is 1.19. The zero-order chi connectivity index (χ0) is 15.3. The van der Waals surface area contributed by atoms with Crippen molar-refractivity contribution in [2.45, 2.75) is 53.1 Å². The summed E-state index contributed by atoms with van der Waals surface area (Å²) in [6.45, 7) is 13.2. The maximum atomic E-state index is 3.70. The van der Waals surface area contributed by atoms with Crippen LogP contribution in [0.5, 0.6) is 0 Å². The number of rotatable bonds is 7. The second-order valence-corrected chi connectivity index (χ2v) is 7.38. The molecule has 0 amide bonds. The minimum Gasteiger partial charge on any atom is -0.369 e. The molecule has 0 unspecified atom stereocenters. The van der Waals surface area contributed by atoms with Crippen LogP contribution in [-0.2, 0) is 6.54 Å². The van der Waals surface area contributed by atoms with E-state index in [2.05, 4.69) is 86.0 Å². The molecule has 0 saturated carbocycles. The highest BCUT2D eigenvalue weighted by Gasteiger charge is 2.21. The summed E-state index contributed by atoms with van der Waals surface area (Å²) >= 11 is 3.70. The topological polar surface area (TPSA) is 15.3 Å². The van der Waals surface area contributed by atoms with Crippen LogP contribution in [0.15, 0.2) is 22.7 Å². The van der Waals surface area contributed by atoms with Crippen molar-refractivity contribution in [2.75, 3.05) is 18.5 Å². The first-order valence-corrected chi connectivity index (χ1v) is 8.30. The van der Waals surface area contributed by atoms with Gasteiger partial charge in [0.15, 0.2) is 0 Å². The fourth-order valence-corrected chi connectivity index (χ4v) is 2.48. The summed E-state index contributed by atoms with van der Waals surface area (Å²) in [6.07, 6.45) is 1.12. The zero-order valence-corrected chi connectivity index (χ0v) is 15.3. The molecule has 2 nitrogen and oxygen atoms in total. The van der Waals surface area contributed by atoms with Gasteiger partial charge in [0, 0.05) is 29.3 Å². The number of hydrogen-bond donors (Lipinski definition) is 1. The average Bonchev–Trinajstić information content (AvgIpc) is 2.39. The van der Waals surface area contributed by atoms with Gasteiger partial charge in [-0.25, -0.2) is 0 Å². The largest absolute Gasteiger partial charge is 0.369 e. The second kappa shape index (κ2) is 7.46. The molecule has 0 aliphatic heterocycles. The molecular formula is C17H29BrN2. The average molecular weight is 341 g/mol. The lowest BCUT2D eigenvalue weighted by Gasteiger charge is -2.37. The smallest absolute Gasteiger partial charge is 0.0379 e. The molecule has 20 heavy (non-hydrogen) atoms. The van der Waals surface area contributed by atoms with Gasteiger partial charge in [-0.1, -0.05) is 42.8 Å². The Balaban J connectivity index is 2.77. The van der Waals surface area contributed by atoms with Crippen molar-refractivity contribution in [1.82, 2.24) is 5.32 Å². The van der Waals surface area contributed by atoms with Crippen LogP contribution in [0, 0.1) is 5.92 Å². The standard InChI is InChI=1S/C17H29BrN2/c1-7-17(4,5)20(6)15-9-8-14(16(18)10-15)12-19-11-13(2)3/h8-10,13,19H,7,11-12H2,1-6H3. The highest BCUT2D eigenvalue weighted by Crippen LogP contribution is 2.29. The third kappa shape index (κ3) is 4.78. The molecule has 1 N–H and O–H groups in total. The Kier molecular flexibility index (Phi) is 6.53. The molecule has 3 heteroatoms. The molecule has 0 aliphatic carbocycles. The van der Waals surface area contributed by atoms with Crippen LogP contribution in [0.1, 0.15) is 46.6 Å². The van der Waals surface area contributed by atoms with E-state index in [1.807, 2.05) is 0 Å². The molecule has 0 bridgehead atoms. The molecule has 0 spiro atoms. The second-order valence-electron chi connectivity index (χ2n) is 6.53. The maximum absolute atomic E-state index is 3.70. The van der Waals surface area contributed by atoms with Gasteiger partial charge < -0.3 is 10.2 Å². The van der Waals surface area contributed by atoms with Crippen molar-refractivity contribution in [3.8, 4) is 0 Å². The Morgan fingerprint density at radius 2 is 1.95 bits per heavy atom. The van der Waals surface area contributed by atoms with Crippen LogP contribution in [0.4, 0.5) is 5.69 Å².